The van der Waals surface area contributed by atoms with Crippen molar-refractivity contribution in [3.63, 3.8) is 0 Å². The fraction of sp³-hybridized carbons (Fsp3) is 0.273. The third kappa shape index (κ3) is 3.81. The molecule has 0 unspecified atom stereocenters. The van der Waals surface area contributed by atoms with E-state index in [1.54, 1.807) is 12.1 Å². The van der Waals surface area contributed by atoms with Gasteiger partial charge in [0.1, 0.15) is 0 Å². The number of halogens is 1. The summed E-state index contributed by atoms with van der Waals surface area (Å²) in [5.74, 6) is 0.909. The van der Waals surface area contributed by atoms with Crippen LogP contribution >= 0.6 is 11.6 Å². The van der Waals surface area contributed by atoms with Crippen LogP contribution < -0.4 is 20.9 Å². The third-order valence-corrected chi connectivity index (χ3v) is 2.20. The van der Waals surface area contributed by atoms with Crippen LogP contribution in [0.2, 0.25) is 5.02 Å². The quantitative estimate of drug-likeness (QED) is 0.480. The number of nitrogens with zero attached hydrogens (tertiary/aromatic N) is 2. The van der Waals surface area contributed by atoms with E-state index in [9.17, 15) is 0 Å². The zero-order valence-electron chi connectivity index (χ0n) is 10.2. The summed E-state index contributed by atoms with van der Waals surface area (Å²) in [6, 6.07) is 3.41. The van der Waals surface area contributed by atoms with Crippen molar-refractivity contribution in [2.45, 2.75) is 6.92 Å². The van der Waals surface area contributed by atoms with Crippen LogP contribution in [0.3, 0.4) is 0 Å². The number of rotatable bonds is 5. The molecule has 0 aromatic heterocycles. The van der Waals surface area contributed by atoms with Crippen molar-refractivity contribution in [3.05, 3.63) is 22.7 Å². The molecule has 0 amide bonds. The van der Waals surface area contributed by atoms with Gasteiger partial charge in [-0.05, 0) is 19.1 Å². The highest BCUT2D eigenvalue weighted by atomic mass is 35.5. The summed E-state index contributed by atoms with van der Waals surface area (Å²) < 4.78 is 10.6. The lowest BCUT2D eigenvalue weighted by Crippen LogP contribution is -2.21. The van der Waals surface area contributed by atoms with Crippen LogP contribution in [0.1, 0.15) is 12.5 Å². The first-order chi connectivity index (χ1) is 8.58. The molecule has 0 saturated carbocycles. The number of benzene rings is 1. The Balaban J connectivity index is 3.08. The van der Waals surface area contributed by atoms with E-state index in [-0.39, 0.29) is 5.96 Å². The molecule has 0 fully saturated rings. The van der Waals surface area contributed by atoms with Crippen molar-refractivity contribution in [2.75, 3.05) is 13.7 Å². The Hall–Kier alpha value is -1.95. The summed E-state index contributed by atoms with van der Waals surface area (Å²) in [6.07, 6.45) is 1.47. The van der Waals surface area contributed by atoms with Gasteiger partial charge in [-0.1, -0.05) is 11.6 Å². The molecular weight excluding hydrogens is 256 g/mol. The third-order valence-electron chi connectivity index (χ3n) is 1.92. The summed E-state index contributed by atoms with van der Waals surface area (Å²) in [6.45, 7) is 2.37. The Morgan fingerprint density at radius 2 is 2.17 bits per heavy atom. The van der Waals surface area contributed by atoms with E-state index >= 15 is 0 Å². The van der Waals surface area contributed by atoms with Crippen LogP contribution in [0.5, 0.6) is 11.5 Å². The van der Waals surface area contributed by atoms with E-state index in [0.29, 0.717) is 28.7 Å². The zero-order valence-corrected chi connectivity index (χ0v) is 10.9. The second kappa shape index (κ2) is 6.70. The number of hydrogen-bond donors (Lipinski definition) is 2. The molecule has 1 rings (SSSR count). The van der Waals surface area contributed by atoms with E-state index in [0.717, 1.165) is 0 Å². The first kappa shape index (κ1) is 14.1. The molecule has 0 saturated heterocycles. The predicted molar refractivity (Wildman–Crippen MR) is 72.6 cm³/mol. The van der Waals surface area contributed by atoms with Crippen molar-refractivity contribution < 1.29 is 9.47 Å². The van der Waals surface area contributed by atoms with Crippen LogP contribution in [0.4, 0.5) is 0 Å². The van der Waals surface area contributed by atoms with Gasteiger partial charge >= 0.3 is 0 Å². The lowest BCUT2D eigenvalue weighted by Gasteiger charge is -2.11. The Morgan fingerprint density at radius 3 is 2.72 bits per heavy atom. The summed E-state index contributed by atoms with van der Waals surface area (Å²) in [5, 5.41) is 7.62. The molecule has 1 aromatic carbocycles. The molecule has 6 nitrogen and oxygen atoms in total. The topological polar surface area (TPSA) is 95.2 Å². The van der Waals surface area contributed by atoms with Gasteiger partial charge in [0.2, 0.25) is 5.96 Å². The molecule has 7 heteroatoms. The molecule has 0 radical (unpaired) electrons. The van der Waals surface area contributed by atoms with Gasteiger partial charge in [0.25, 0.3) is 0 Å². The smallest absolute Gasteiger partial charge is 0.211 e. The molecular formula is C11H15ClN4O2. The lowest BCUT2D eigenvalue weighted by molar-refractivity contribution is 0.311. The molecule has 18 heavy (non-hydrogen) atoms. The van der Waals surface area contributed by atoms with Gasteiger partial charge in [-0.2, -0.15) is 5.10 Å². The Bertz CT molecular complexity index is 470. The largest absolute Gasteiger partial charge is 0.491 e. The maximum atomic E-state index is 6.06. The standard InChI is InChI=1S/C11H15ClN4O2/c1-3-18-9-5-7(6-15-16-11(13)14)4-8(12)10(9)17-2/h4-6H,3H2,1-2H3,(H4,13,14,16). The molecule has 0 spiro atoms. The van der Waals surface area contributed by atoms with Gasteiger partial charge in [-0.15, -0.1) is 5.10 Å². The molecule has 0 heterocycles. The number of methoxy groups -OCH3 is 1. The van der Waals surface area contributed by atoms with Crippen LogP contribution in [0, 0.1) is 0 Å². The molecule has 1 aromatic rings. The maximum Gasteiger partial charge on any atom is 0.211 e. The lowest BCUT2D eigenvalue weighted by atomic mass is 10.2. The highest BCUT2D eigenvalue weighted by Crippen LogP contribution is 2.35. The van der Waals surface area contributed by atoms with E-state index in [4.69, 9.17) is 32.5 Å². The van der Waals surface area contributed by atoms with Gasteiger partial charge in [-0.3, -0.25) is 0 Å². The average molecular weight is 271 g/mol. The van der Waals surface area contributed by atoms with Gasteiger partial charge in [0, 0.05) is 5.56 Å². The van der Waals surface area contributed by atoms with E-state index < -0.39 is 0 Å². The average Bonchev–Trinajstić information content (AvgIpc) is 2.28. The van der Waals surface area contributed by atoms with E-state index in [1.807, 2.05) is 6.92 Å². The van der Waals surface area contributed by atoms with E-state index in [2.05, 4.69) is 10.2 Å². The summed E-state index contributed by atoms with van der Waals surface area (Å²) >= 11 is 6.06. The summed E-state index contributed by atoms with van der Waals surface area (Å²) in [5.41, 5.74) is 11.0. The van der Waals surface area contributed by atoms with Crippen molar-refractivity contribution in [3.8, 4) is 11.5 Å². The molecule has 0 aliphatic heterocycles. The minimum Gasteiger partial charge on any atom is -0.491 e. The normalized spacial score (nSPS) is 10.4. The second-order valence-electron chi connectivity index (χ2n) is 3.24. The Kier molecular flexibility index (Phi) is 5.26. The van der Waals surface area contributed by atoms with Crippen LogP contribution in [-0.2, 0) is 0 Å². The first-order valence-electron chi connectivity index (χ1n) is 5.20. The number of hydrogen-bond acceptors (Lipinski definition) is 4. The highest BCUT2D eigenvalue weighted by Gasteiger charge is 2.10. The van der Waals surface area contributed by atoms with Crippen molar-refractivity contribution in [2.24, 2.45) is 21.7 Å². The summed E-state index contributed by atoms with van der Waals surface area (Å²) in [7, 11) is 1.52. The highest BCUT2D eigenvalue weighted by molar-refractivity contribution is 6.32. The molecule has 0 bridgehead atoms. The van der Waals surface area contributed by atoms with Crippen LogP contribution in [0.25, 0.3) is 0 Å². The van der Waals surface area contributed by atoms with Crippen molar-refractivity contribution in [1.82, 2.24) is 0 Å². The summed E-state index contributed by atoms with van der Waals surface area (Å²) in [4.78, 5) is 0. The fourth-order valence-corrected chi connectivity index (χ4v) is 1.58. The molecule has 0 aliphatic carbocycles. The van der Waals surface area contributed by atoms with Gasteiger partial charge < -0.3 is 20.9 Å². The monoisotopic (exact) mass is 270 g/mol. The van der Waals surface area contributed by atoms with Crippen LogP contribution in [0.15, 0.2) is 22.3 Å². The fourth-order valence-electron chi connectivity index (χ4n) is 1.29. The van der Waals surface area contributed by atoms with Gasteiger partial charge in [0.05, 0.1) is 25.0 Å². The predicted octanol–water partition coefficient (Wildman–Crippen LogP) is 1.35. The van der Waals surface area contributed by atoms with E-state index in [1.165, 1.54) is 13.3 Å². The molecule has 0 atom stereocenters. The second-order valence-corrected chi connectivity index (χ2v) is 3.64. The van der Waals surface area contributed by atoms with Crippen molar-refractivity contribution in [1.29, 1.82) is 0 Å². The number of ether oxygens (including phenoxy) is 2. The van der Waals surface area contributed by atoms with Gasteiger partial charge in [0.15, 0.2) is 11.5 Å². The SMILES string of the molecule is CCOc1cc(C=NN=C(N)N)cc(Cl)c1OC. The number of guanidine groups is 1. The zero-order chi connectivity index (χ0) is 13.5. The molecule has 0 aliphatic rings. The minimum absolute atomic E-state index is 0.115. The van der Waals surface area contributed by atoms with Crippen LogP contribution in [-0.4, -0.2) is 25.9 Å². The first-order valence-corrected chi connectivity index (χ1v) is 5.58. The van der Waals surface area contributed by atoms with Gasteiger partial charge in [-0.25, -0.2) is 0 Å². The number of nitrogens with two attached hydrogens (primary N) is 2. The van der Waals surface area contributed by atoms with Crippen molar-refractivity contribution >= 4 is 23.8 Å². The molecule has 98 valence electrons. The Labute approximate surface area is 110 Å². The molecule has 4 N–H and O–H groups in total. The maximum absolute atomic E-state index is 6.06. The Morgan fingerprint density at radius 1 is 1.44 bits per heavy atom. The minimum atomic E-state index is -0.115.